The minimum absolute atomic E-state index is 0.0632. The Balaban J connectivity index is 2.43. The molecule has 1 saturated heterocycles. The van der Waals surface area contributed by atoms with Crippen molar-refractivity contribution in [2.45, 2.75) is 43.4 Å². The predicted molar refractivity (Wildman–Crippen MR) is 87.0 cm³/mol. The van der Waals surface area contributed by atoms with Crippen molar-refractivity contribution >= 4 is 21.8 Å². The van der Waals surface area contributed by atoms with Gasteiger partial charge in [0, 0.05) is 23.6 Å². The largest absolute Gasteiger partial charge is 0.392 e. The molecule has 0 atom stereocenters. The third-order valence-electron chi connectivity index (χ3n) is 3.70. The number of aliphatic hydroxyl groups is 1. The van der Waals surface area contributed by atoms with Gasteiger partial charge in [-0.25, -0.2) is 8.42 Å². The molecule has 0 amide bonds. The van der Waals surface area contributed by atoms with Crippen LogP contribution in [0.2, 0.25) is 0 Å². The van der Waals surface area contributed by atoms with Crippen LogP contribution in [0.4, 0.5) is 0 Å². The first kappa shape index (κ1) is 16.8. The van der Waals surface area contributed by atoms with E-state index in [4.69, 9.17) is 0 Å². The van der Waals surface area contributed by atoms with Gasteiger partial charge in [-0.15, -0.1) is 0 Å². The van der Waals surface area contributed by atoms with Gasteiger partial charge >= 0.3 is 0 Å². The summed E-state index contributed by atoms with van der Waals surface area (Å²) in [4.78, 5) is 0.347. The highest BCUT2D eigenvalue weighted by atomic mass is 32.2. The fourth-order valence-electron chi connectivity index (χ4n) is 2.55. The molecule has 0 bridgehead atoms. The smallest absolute Gasteiger partial charge is 0.243 e. The van der Waals surface area contributed by atoms with E-state index >= 15 is 0 Å². The van der Waals surface area contributed by atoms with E-state index in [1.165, 1.54) is 0 Å². The fraction of sp³-hybridized carbons (Fsp3) is 0.600. The first-order valence-corrected chi connectivity index (χ1v) is 9.59. The van der Waals surface area contributed by atoms with Gasteiger partial charge in [-0.1, -0.05) is 19.1 Å². The second-order valence-corrected chi connectivity index (χ2v) is 9.61. The number of benzene rings is 1. The van der Waals surface area contributed by atoms with Gasteiger partial charge in [-0.3, -0.25) is 0 Å². The van der Waals surface area contributed by atoms with Crippen molar-refractivity contribution in [1.82, 2.24) is 4.31 Å². The third kappa shape index (κ3) is 3.62. The Hall–Kier alpha value is -0.560. The Labute approximate surface area is 131 Å². The zero-order valence-electron chi connectivity index (χ0n) is 12.8. The summed E-state index contributed by atoms with van der Waals surface area (Å²) in [5.74, 6) is 0.813. The summed E-state index contributed by atoms with van der Waals surface area (Å²) in [6, 6.07) is 5.21. The monoisotopic (exact) mass is 329 g/mol. The summed E-state index contributed by atoms with van der Waals surface area (Å²) in [5, 5.41) is 9.27. The maximum Gasteiger partial charge on any atom is 0.243 e. The van der Waals surface area contributed by atoms with Gasteiger partial charge in [0.1, 0.15) is 0 Å². The molecule has 0 unspecified atom stereocenters. The molecule has 1 aromatic carbocycles. The maximum absolute atomic E-state index is 13.0. The van der Waals surface area contributed by atoms with E-state index in [0.717, 1.165) is 11.3 Å². The van der Waals surface area contributed by atoms with Crippen LogP contribution in [0.1, 0.15) is 31.9 Å². The van der Waals surface area contributed by atoms with E-state index in [2.05, 4.69) is 13.8 Å². The Kier molecular flexibility index (Phi) is 5.03. The van der Waals surface area contributed by atoms with Crippen molar-refractivity contribution in [3.05, 3.63) is 29.3 Å². The van der Waals surface area contributed by atoms with E-state index < -0.39 is 10.0 Å². The number of sulfonamides is 1. The molecule has 2 rings (SSSR count). The molecule has 1 N–H and O–H groups in total. The average molecular weight is 329 g/mol. The highest BCUT2D eigenvalue weighted by molar-refractivity contribution is 8.00. The van der Waals surface area contributed by atoms with Gasteiger partial charge in [-0.05, 0) is 37.5 Å². The quantitative estimate of drug-likeness (QED) is 0.920. The summed E-state index contributed by atoms with van der Waals surface area (Å²) < 4.78 is 27.4. The van der Waals surface area contributed by atoms with Gasteiger partial charge < -0.3 is 5.11 Å². The first-order chi connectivity index (χ1) is 9.80. The average Bonchev–Trinajstić information content (AvgIpc) is 2.45. The molecule has 0 aliphatic carbocycles. The minimum Gasteiger partial charge on any atom is -0.392 e. The molecular formula is C15H23NO3S2. The number of hydrogen-bond donors (Lipinski definition) is 1. The van der Waals surface area contributed by atoms with Crippen LogP contribution < -0.4 is 0 Å². The summed E-state index contributed by atoms with van der Waals surface area (Å²) in [7, 11) is -3.50. The lowest BCUT2D eigenvalue weighted by Crippen LogP contribution is -2.46. The molecule has 4 nitrogen and oxygen atoms in total. The molecule has 0 radical (unpaired) electrons. The van der Waals surface area contributed by atoms with Gasteiger partial charge in [0.15, 0.2) is 0 Å². The van der Waals surface area contributed by atoms with Crippen molar-refractivity contribution in [1.29, 1.82) is 0 Å². The van der Waals surface area contributed by atoms with Gasteiger partial charge in [-0.2, -0.15) is 16.1 Å². The van der Waals surface area contributed by atoms with E-state index in [-0.39, 0.29) is 11.4 Å². The number of nitrogens with zero attached hydrogens (tertiary/aromatic N) is 1. The molecule has 1 fully saturated rings. The summed E-state index contributed by atoms with van der Waals surface area (Å²) in [6.45, 7) is 7.01. The lowest BCUT2D eigenvalue weighted by Gasteiger charge is -2.37. The lowest BCUT2D eigenvalue weighted by molar-refractivity contribution is 0.281. The standard InChI is InChI=1S/C15H23NO3S2/c1-4-13-6-5-12(10-17)9-14(13)21(18,19)16-7-8-20-15(2,3)11-16/h5-6,9,17H,4,7-8,10-11H2,1-3H3. The highest BCUT2D eigenvalue weighted by Crippen LogP contribution is 2.33. The molecule has 118 valence electrons. The van der Waals surface area contributed by atoms with Crippen LogP contribution in [0, 0.1) is 0 Å². The van der Waals surface area contributed by atoms with Crippen LogP contribution in [-0.4, -0.2) is 41.4 Å². The Bertz CT molecular complexity index is 611. The number of aryl methyl sites for hydroxylation is 1. The van der Waals surface area contributed by atoms with Crippen LogP contribution in [0.15, 0.2) is 23.1 Å². The topological polar surface area (TPSA) is 57.6 Å². The van der Waals surface area contributed by atoms with Crippen LogP contribution in [-0.2, 0) is 23.1 Å². The zero-order valence-corrected chi connectivity index (χ0v) is 14.4. The second-order valence-electron chi connectivity index (χ2n) is 5.90. The van der Waals surface area contributed by atoms with Crippen molar-refractivity contribution in [3.63, 3.8) is 0 Å². The van der Waals surface area contributed by atoms with Gasteiger partial charge in [0.2, 0.25) is 10.0 Å². The van der Waals surface area contributed by atoms with E-state index in [1.54, 1.807) is 28.2 Å². The summed E-state index contributed by atoms with van der Waals surface area (Å²) in [6.07, 6.45) is 0.659. The minimum atomic E-state index is -3.50. The summed E-state index contributed by atoms with van der Waals surface area (Å²) in [5.41, 5.74) is 1.44. The molecule has 1 aliphatic rings. The first-order valence-electron chi connectivity index (χ1n) is 7.17. The van der Waals surface area contributed by atoms with E-state index in [9.17, 15) is 13.5 Å². The van der Waals surface area contributed by atoms with Crippen LogP contribution >= 0.6 is 11.8 Å². The number of thioether (sulfide) groups is 1. The molecule has 1 aliphatic heterocycles. The van der Waals surface area contributed by atoms with Crippen LogP contribution in [0.25, 0.3) is 0 Å². The molecule has 0 spiro atoms. The molecule has 21 heavy (non-hydrogen) atoms. The fourth-order valence-corrected chi connectivity index (χ4v) is 5.80. The van der Waals surface area contributed by atoms with E-state index in [0.29, 0.717) is 30.0 Å². The molecule has 6 heteroatoms. The Morgan fingerprint density at radius 1 is 1.38 bits per heavy atom. The van der Waals surface area contributed by atoms with Crippen LogP contribution in [0.3, 0.4) is 0 Å². The molecule has 0 aromatic heterocycles. The second kappa shape index (κ2) is 6.28. The van der Waals surface area contributed by atoms with Gasteiger partial charge in [0.05, 0.1) is 11.5 Å². The summed E-state index contributed by atoms with van der Waals surface area (Å²) >= 11 is 1.81. The number of aliphatic hydroxyl groups excluding tert-OH is 1. The highest BCUT2D eigenvalue weighted by Gasteiger charge is 2.35. The maximum atomic E-state index is 13.0. The molecule has 1 aromatic rings. The van der Waals surface area contributed by atoms with Crippen molar-refractivity contribution < 1.29 is 13.5 Å². The van der Waals surface area contributed by atoms with Gasteiger partial charge in [0.25, 0.3) is 0 Å². The molecular weight excluding hydrogens is 306 g/mol. The normalized spacial score (nSPS) is 19.6. The predicted octanol–water partition coefficient (Wildman–Crippen LogP) is 2.26. The Morgan fingerprint density at radius 2 is 2.10 bits per heavy atom. The third-order valence-corrected chi connectivity index (χ3v) is 6.93. The van der Waals surface area contributed by atoms with Crippen molar-refractivity contribution in [2.24, 2.45) is 0 Å². The molecule has 1 heterocycles. The number of rotatable bonds is 4. The van der Waals surface area contributed by atoms with Crippen molar-refractivity contribution in [3.8, 4) is 0 Å². The van der Waals surface area contributed by atoms with Crippen LogP contribution in [0.5, 0.6) is 0 Å². The lowest BCUT2D eigenvalue weighted by atomic mass is 10.1. The SMILES string of the molecule is CCc1ccc(CO)cc1S(=O)(=O)N1CCSC(C)(C)C1. The Morgan fingerprint density at radius 3 is 2.67 bits per heavy atom. The zero-order chi connectivity index (χ0) is 15.7. The number of hydrogen-bond acceptors (Lipinski definition) is 4. The molecule has 0 saturated carbocycles. The van der Waals surface area contributed by atoms with E-state index in [1.807, 2.05) is 13.0 Å². The van der Waals surface area contributed by atoms with Crippen molar-refractivity contribution in [2.75, 3.05) is 18.8 Å².